The number of pyridine rings is 1. The first-order valence-corrected chi connectivity index (χ1v) is 7.78. The summed E-state index contributed by atoms with van der Waals surface area (Å²) in [4.78, 5) is 9.08. The Labute approximate surface area is 134 Å². The second kappa shape index (κ2) is 5.79. The number of fused-ring (bicyclic) bond motifs is 3. The third kappa shape index (κ3) is 2.54. The molecule has 2 aromatic heterocycles. The lowest BCUT2D eigenvalue weighted by molar-refractivity contribution is 0.0558. The van der Waals surface area contributed by atoms with E-state index in [-0.39, 0.29) is 13.2 Å². The molecule has 6 nitrogen and oxygen atoms in total. The normalized spacial score (nSPS) is 12.3. The van der Waals surface area contributed by atoms with Crippen molar-refractivity contribution in [3.8, 4) is 0 Å². The Morgan fingerprint density at radius 2 is 1.87 bits per heavy atom. The summed E-state index contributed by atoms with van der Waals surface area (Å²) in [6, 6.07) is 7.80. The van der Waals surface area contributed by atoms with Crippen molar-refractivity contribution in [3.05, 3.63) is 30.1 Å². The largest absolute Gasteiger partial charge is 0.396 e. The third-order valence-electron chi connectivity index (χ3n) is 4.31. The predicted octanol–water partition coefficient (Wildman–Crippen LogP) is 1.72. The molecule has 0 fully saturated rings. The van der Waals surface area contributed by atoms with Crippen LogP contribution in [-0.2, 0) is 13.0 Å². The first-order chi connectivity index (χ1) is 11.0. The number of hydrogen-bond donors (Lipinski definition) is 3. The molecular weight excluding hydrogens is 292 g/mol. The molecule has 0 unspecified atom stereocenters. The Morgan fingerprint density at radius 3 is 2.52 bits per heavy atom. The minimum Gasteiger partial charge on any atom is -0.396 e. The summed E-state index contributed by atoms with van der Waals surface area (Å²) in [7, 11) is 0. The average Bonchev–Trinajstić information content (AvgIpc) is 2.94. The van der Waals surface area contributed by atoms with Gasteiger partial charge in [-0.2, -0.15) is 0 Å². The van der Waals surface area contributed by atoms with E-state index in [4.69, 9.17) is 5.73 Å². The van der Waals surface area contributed by atoms with Gasteiger partial charge in [0.05, 0.1) is 24.2 Å². The highest BCUT2D eigenvalue weighted by Crippen LogP contribution is 2.31. The highest BCUT2D eigenvalue weighted by Gasteiger charge is 2.26. The number of benzene rings is 1. The van der Waals surface area contributed by atoms with Crippen molar-refractivity contribution in [3.63, 3.8) is 0 Å². The molecule has 0 saturated carbocycles. The molecule has 0 aliphatic rings. The highest BCUT2D eigenvalue weighted by atomic mass is 16.3. The number of nitrogens with zero attached hydrogens (tertiary/aromatic N) is 3. The smallest absolute Gasteiger partial charge is 0.152 e. The second-order valence-corrected chi connectivity index (χ2v) is 6.31. The van der Waals surface area contributed by atoms with Crippen LogP contribution >= 0.6 is 0 Å². The van der Waals surface area contributed by atoms with Crippen molar-refractivity contribution >= 4 is 27.8 Å². The van der Waals surface area contributed by atoms with Gasteiger partial charge >= 0.3 is 0 Å². The molecule has 0 spiro atoms. The summed E-state index contributed by atoms with van der Waals surface area (Å²) in [5, 5.41) is 20.3. The van der Waals surface area contributed by atoms with Gasteiger partial charge in [-0.25, -0.2) is 9.97 Å². The molecule has 3 rings (SSSR count). The summed E-state index contributed by atoms with van der Waals surface area (Å²) in [6.45, 7) is 4.13. The first kappa shape index (κ1) is 15.7. The number of aliphatic hydroxyl groups excluding tert-OH is 2. The van der Waals surface area contributed by atoms with E-state index in [0.717, 1.165) is 28.7 Å². The number of rotatable bonds is 5. The summed E-state index contributed by atoms with van der Waals surface area (Å²) in [5.41, 5.74) is 7.88. The molecule has 0 radical (unpaired) electrons. The number of para-hydroxylation sites is 1. The number of hydrogen-bond acceptors (Lipinski definition) is 5. The summed E-state index contributed by atoms with van der Waals surface area (Å²) in [6.07, 6.45) is 0.732. The molecule has 0 amide bonds. The fraction of sp³-hybridized carbons (Fsp3) is 0.412. The van der Waals surface area contributed by atoms with Crippen molar-refractivity contribution in [1.29, 1.82) is 0 Å². The van der Waals surface area contributed by atoms with Gasteiger partial charge in [0.25, 0.3) is 0 Å². The van der Waals surface area contributed by atoms with Crippen molar-refractivity contribution in [2.45, 2.75) is 26.8 Å². The maximum atomic E-state index is 9.66. The quantitative estimate of drug-likeness (QED) is 0.666. The van der Waals surface area contributed by atoms with E-state index in [2.05, 4.69) is 14.5 Å². The summed E-state index contributed by atoms with van der Waals surface area (Å²) in [5.74, 6) is 1.28. The monoisotopic (exact) mass is 314 g/mol. The maximum absolute atomic E-state index is 9.66. The van der Waals surface area contributed by atoms with Crippen LogP contribution in [0.5, 0.6) is 0 Å². The molecule has 4 N–H and O–H groups in total. The van der Waals surface area contributed by atoms with E-state index in [1.165, 1.54) is 0 Å². The van der Waals surface area contributed by atoms with Crippen molar-refractivity contribution in [2.24, 2.45) is 5.41 Å². The molecule has 0 bridgehead atoms. The molecule has 0 aliphatic carbocycles. The zero-order chi connectivity index (χ0) is 16.6. The molecule has 0 atom stereocenters. The Morgan fingerprint density at radius 1 is 1.17 bits per heavy atom. The standard InChI is InChI=1S/C17H22N4O2/c1-3-13-20-14-15(21(13)8-17(2,9-22)10-23)11-6-4-5-7-12(11)19-16(14)18/h4-7,22-23H,3,8-10H2,1-2H3,(H2,18,19). The molecular formula is C17H22N4O2. The number of aliphatic hydroxyl groups is 2. The Hall–Kier alpha value is -2.18. The zero-order valence-corrected chi connectivity index (χ0v) is 13.5. The van der Waals surface area contributed by atoms with E-state index in [0.29, 0.717) is 17.9 Å². The molecule has 6 heteroatoms. The van der Waals surface area contributed by atoms with Gasteiger partial charge in [0.2, 0.25) is 0 Å². The van der Waals surface area contributed by atoms with Crippen LogP contribution in [0.2, 0.25) is 0 Å². The summed E-state index contributed by atoms with van der Waals surface area (Å²) < 4.78 is 2.06. The van der Waals surface area contributed by atoms with Crippen LogP contribution in [0.15, 0.2) is 24.3 Å². The van der Waals surface area contributed by atoms with Gasteiger partial charge in [0.1, 0.15) is 11.3 Å². The van der Waals surface area contributed by atoms with Crippen LogP contribution in [0, 0.1) is 5.41 Å². The van der Waals surface area contributed by atoms with Gasteiger partial charge in [-0.1, -0.05) is 32.0 Å². The lowest BCUT2D eigenvalue weighted by Gasteiger charge is -2.26. The van der Waals surface area contributed by atoms with Gasteiger partial charge in [0, 0.05) is 23.8 Å². The van der Waals surface area contributed by atoms with Gasteiger partial charge < -0.3 is 20.5 Å². The number of aryl methyl sites for hydroxylation is 1. The lowest BCUT2D eigenvalue weighted by atomic mass is 9.92. The Bertz CT molecular complexity index is 853. The van der Waals surface area contributed by atoms with E-state index in [1.807, 2.05) is 38.1 Å². The van der Waals surface area contributed by atoms with Crippen LogP contribution in [0.3, 0.4) is 0 Å². The maximum Gasteiger partial charge on any atom is 0.152 e. The molecule has 1 aromatic carbocycles. The predicted molar refractivity (Wildman–Crippen MR) is 91.1 cm³/mol. The van der Waals surface area contributed by atoms with Crippen LogP contribution in [0.25, 0.3) is 21.9 Å². The van der Waals surface area contributed by atoms with Crippen LogP contribution in [0.4, 0.5) is 5.82 Å². The third-order valence-corrected chi connectivity index (χ3v) is 4.31. The van der Waals surface area contributed by atoms with Gasteiger partial charge in [-0.15, -0.1) is 0 Å². The van der Waals surface area contributed by atoms with Crippen LogP contribution < -0.4 is 5.73 Å². The van der Waals surface area contributed by atoms with E-state index < -0.39 is 5.41 Å². The van der Waals surface area contributed by atoms with Crippen molar-refractivity contribution in [2.75, 3.05) is 18.9 Å². The van der Waals surface area contributed by atoms with Crippen LogP contribution in [-0.4, -0.2) is 38.0 Å². The zero-order valence-electron chi connectivity index (χ0n) is 13.5. The molecule has 122 valence electrons. The fourth-order valence-corrected chi connectivity index (χ4v) is 2.88. The number of anilines is 1. The Kier molecular flexibility index (Phi) is 3.95. The van der Waals surface area contributed by atoms with Gasteiger partial charge in [0.15, 0.2) is 5.82 Å². The van der Waals surface area contributed by atoms with Crippen molar-refractivity contribution in [1.82, 2.24) is 14.5 Å². The first-order valence-electron chi connectivity index (χ1n) is 7.78. The molecule has 0 aliphatic heterocycles. The number of nitrogen functional groups attached to an aromatic ring is 1. The number of aromatic nitrogens is 3. The Balaban J connectivity index is 2.34. The molecule has 0 saturated heterocycles. The second-order valence-electron chi connectivity index (χ2n) is 6.31. The number of nitrogens with two attached hydrogens (primary N) is 1. The molecule has 2 heterocycles. The summed E-state index contributed by atoms with van der Waals surface area (Å²) >= 11 is 0. The van der Waals surface area contributed by atoms with Crippen LogP contribution in [0.1, 0.15) is 19.7 Å². The van der Waals surface area contributed by atoms with E-state index in [1.54, 1.807) is 0 Å². The number of imidazole rings is 1. The van der Waals surface area contributed by atoms with Crippen molar-refractivity contribution < 1.29 is 10.2 Å². The molecule has 3 aromatic rings. The fourth-order valence-electron chi connectivity index (χ4n) is 2.88. The van der Waals surface area contributed by atoms with E-state index >= 15 is 0 Å². The van der Waals surface area contributed by atoms with Gasteiger partial charge in [-0.3, -0.25) is 0 Å². The molecule has 23 heavy (non-hydrogen) atoms. The minimum atomic E-state index is -0.628. The minimum absolute atomic E-state index is 0.106. The topological polar surface area (TPSA) is 97.2 Å². The average molecular weight is 314 g/mol. The lowest BCUT2D eigenvalue weighted by Crippen LogP contribution is -2.32. The highest BCUT2D eigenvalue weighted by molar-refractivity contribution is 6.06. The van der Waals surface area contributed by atoms with Gasteiger partial charge in [-0.05, 0) is 6.07 Å². The van der Waals surface area contributed by atoms with E-state index in [9.17, 15) is 10.2 Å². The SMILES string of the molecule is CCc1nc2c(N)nc3ccccc3c2n1CC(C)(CO)CO.